The highest BCUT2D eigenvalue weighted by atomic mass is 32.2. The second kappa shape index (κ2) is 7.64. The topological polar surface area (TPSA) is 49.2 Å². The number of nitrogens with zero attached hydrogens (tertiary/aromatic N) is 3. The number of hydrogen-bond acceptors (Lipinski definition) is 5. The zero-order valence-corrected chi connectivity index (χ0v) is 16.6. The van der Waals surface area contributed by atoms with Gasteiger partial charge in [-0.2, -0.15) is 0 Å². The maximum atomic E-state index is 5.92. The standard InChI is InChI=1S/C21H23N3O2S/c1-4-25-18-11-16-10-14(2)26-19(16)12-17(18)13-27-21-23-22-20(24(21)3)15-8-6-5-7-9-15/h5-9,11-12,14H,4,10,13H2,1-3H3/t14-/m1/s1. The molecule has 1 atom stereocenters. The summed E-state index contributed by atoms with van der Waals surface area (Å²) < 4.78 is 13.8. The predicted octanol–water partition coefficient (Wildman–Crippen LogP) is 4.50. The van der Waals surface area contributed by atoms with Gasteiger partial charge < -0.3 is 14.0 Å². The van der Waals surface area contributed by atoms with Crippen LogP contribution < -0.4 is 9.47 Å². The Morgan fingerprint density at radius 2 is 2.04 bits per heavy atom. The van der Waals surface area contributed by atoms with Gasteiger partial charge in [0.05, 0.1) is 6.61 Å². The normalized spacial score (nSPS) is 15.4. The van der Waals surface area contributed by atoms with E-state index in [1.54, 1.807) is 11.8 Å². The van der Waals surface area contributed by atoms with Crippen molar-refractivity contribution in [2.75, 3.05) is 6.61 Å². The van der Waals surface area contributed by atoms with Crippen LogP contribution in [0.1, 0.15) is 25.0 Å². The van der Waals surface area contributed by atoms with Crippen LogP contribution in [-0.4, -0.2) is 27.5 Å². The molecule has 4 rings (SSSR count). The van der Waals surface area contributed by atoms with Crippen molar-refractivity contribution in [1.29, 1.82) is 0 Å². The number of ether oxygens (including phenoxy) is 2. The van der Waals surface area contributed by atoms with Crippen molar-refractivity contribution < 1.29 is 9.47 Å². The molecular weight excluding hydrogens is 358 g/mol. The van der Waals surface area contributed by atoms with Gasteiger partial charge in [0, 0.05) is 35.9 Å². The SMILES string of the molecule is CCOc1cc2c(cc1CSc1nnc(-c3ccccc3)n1C)O[C@H](C)C2. The van der Waals surface area contributed by atoms with Crippen molar-refractivity contribution in [3.63, 3.8) is 0 Å². The predicted molar refractivity (Wildman–Crippen MR) is 107 cm³/mol. The molecule has 0 N–H and O–H groups in total. The van der Waals surface area contributed by atoms with Crippen LogP contribution in [0, 0.1) is 0 Å². The molecule has 6 heteroatoms. The van der Waals surface area contributed by atoms with E-state index in [4.69, 9.17) is 9.47 Å². The first kappa shape index (κ1) is 17.9. The Hall–Kier alpha value is -2.47. The highest BCUT2D eigenvalue weighted by Gasteiger charge is 2.22. The molecule has 2 heterocycles. The Balaban J connectivity index is 1.56. The lowest BCUT2D eigenvalue weighted by atomic mass is 10.1. The number of benzene rings is 2. The summed E-state index contributed by atoms with van der Waals surface area (Å²) in [6, 6.07) is 14.4. The summed E-state index contributed by atoms with van der Waals surface area (Å²) >= 11 is 1.66. The fraction of sp³-hybridized carbons (Fsp3) is 0.333. The van der Waals surface area contributed by atoms with Gasteiger partial charge in [-0.15, -0.1) is 10.2 Å². The van der Waals surface area contributed by atoms with Crippen LogP contribution in [0.3, 0.4) is 0 Å². The lowest BCUT2D eigenvalue weighted by Gasteiger charge is -2.12. The van der Waals surface area contributed by atoms with Crippen molar-refractivity contribution in [3.8, 4) is 22.9 Å². The minimum absolute atomic E-state index is 0.226. The van der Waals surface area contributed by atoms with Crippen LogP contribution in [0.2, 0.25) is 0 Å². The summed E-state index contributed by atoms with van der Waals surface area (Å²) in [7, 11) is 2.00. The van der Waals surface area contributed by atoms with E-state index in [0.29, 0.717) is 6.61 Å². The molecule has 3 aromatic rings. The van der Waals surface area contributed by atoms with Crippen LogP contribution in [-0.2, 0) is 19.2 Å². The average molecular weight is 382 g/mol. The van der Waals surface area contributed by atoms with E-state index in [1.807, 2.05) is 48.9 Å². The zero-order valence-electron chi connectivity index (χ0n) is 15.8. The molecule has 0 amide bonds. The highest BCUT2D eigenvalue weighted by Crippen LogP contribution is 2.37. The molecule has 0 fully saturated rings. The van der Waals surface area contributed by atoms with Crippen LogP contribution in [0.25, 0.3) is 11.4 Å². The smallest absolute Gasteiger partial charge is 0.191 e. The second-order valence-corrected chi connectivity index (χ2v) is 7.60. The fourth-order valence-electron chi connectivity index (χ4n) is 3.31. The number of rotatable bonds is 6. The van der Waals surface area contributed by atoms with Gasteiger partial charge in [0.2, 0.25) is 0 Å². The van der Waals surface area contributed by atoms with E-state index in [9.17, 15) is 0 Å². The molecule has 0 bridgehead atoms. The molecule has 0 radical (unpaired) electrons. The quantitative estimate of drug-likeness (QED) is 0.589. The van der Waals surface area contributed by atoms with Crippen LogP contribution in [0.15, 0.2) is 47.6 Å². The van der Waals surface area contributed by atoms with Crippen LogP contribution in [0.5, 0.6) is 11.5 Å². The van der Waals surface area contributed by atoms with Crippen molar-refractivity contribution in [3.05, 3.63) is 53.6 Å². The Morgan fingerprint density at radius 3 is 2.81 bits per heavy atom. The zero-order chi connectivity index (χ0) is 18.8. The number of thioether (sulfide) groups is 1. The highest BCUT2D eigenvalue weighted by molar-refractivity contribution is 7.98. The lowest BCUT2D eigenvalue weighted by Crippen LogP contribution is -2.05. The molecule has 1 aliphatic heterocycles. The average Bonchev–Trinajstić information content (AvgIpc) is 3.22. The first-order valence-corrected chi connectivity index (χ1v) is 10.2. The summed E-state index contributed by atoms with van der Waals surface area (Å²) in [6.07, 6.45) is 1.16. The summed E-state index contributed by atoms with van der Waals surface area (Å²) in [5, 5.41) is 9.61. The summed E-state index contributed by atoms with van der Waals surface area (Å²) in [5.41, 5.74) is 3.41. The third-order valence-corrected chi connectivity index (χ3v) is 5.67. The molecule has 1 aromatic heterocycles. The summed E-state index contributed by atoms with van der Waals surface area (Å²) in [6.45, 7) is 4.76. The van der Waals surface area contributed by atoms with Gasteiger partial charge in [-0.1, -0.05) is 42.1 Å². The largest absolute Gasteiger partial charge is 0.494 e. The molecule has 140 valence electrons. The molecular formula is C21H23N3O2S. The molecule has 0 aliphatic carbocycles. The van der Waals surface area contributed by atoms with E-state index in [0.717, 1.165) is 45.8 Å². The van der Waals surface area contributed by atoms with Gasteiger partial charge in [-0.25, -0.2) is 0 Å². The minimum Gasteiger partial charge on any atom is -0.494 e. The third-order valence-electron chi connectivity index (χ3n) is 4.60. The number of aromatic nitrogens is 3. The lowest BCUT2D eigenvalue weighted by molar-refractivity contribution is 0.254. The van der Waals surface area contributed by atoms with Crippen molar-refractivity contribution in [2.45, 2.75) is 37.3 Å². The molecule has 0 saturated carbocycles. The summed E-state index contributed by atoms with van der Waals surface area (Å²) in [5.74, 6) is 3.53. The Bertz CT molecular complexity index is 940. The monoisotopic (exact) mass is 381 g/mol. The van der Waals surface area contributed by atoms with Gasteiger partial charge in [0.15, 0.2) is 11.0 Å². The van der Waals surface area contributed by atoms with E-state index < -0.39 is 0 Å². The van der Waals surface area contributed by atoms with Gasteiger partial charge in [0.1, 0.15) is 17.6 Å². The summed E-state index contributed by atoms with van der Waals surface area (Å²) in [4.78, 5) is 0. The van der Waals surface area contributed by atoms with Crippen LogP contribution in [0.4, 0.5) is 0 Å². The van der Waals surface area contributed by atoms with E-state index >= 15 is 0 Å². The molecule has 5 nitrogen and oxygen atoms in total. The van der Waals surface area contributed by atoms with Gasteiger partial charge in [0.25, 0.3) is 0 Å². The molecule has 0 spiro atoms. The van der Waals surface area contributed by atoms with Crippen molar-refractivity contribution in [1.82, 2.24) is 14.8 Å². The first-order valence-electron chi connectivity index (χ1n) is 9.18. The van der Waals surface area contributed by atoms with Gasteiger partial charge >= 0.3 is 0 Å². The molecule has 0 saturated heterocycles. The molecule has 27 heavy (non-hydrogen) atoms. The molecule has 2 aromatic carbocycles. The van der Waals surface area contributed by atoms with Crippen molar-refractivity contribution in [2.24, 2.45) is 7.05 Å². The minimum atomic E-state index is 0.226. The molecule has 0 unspecified atom stereocenters. The number of hydrogen-bond donors (Lipinski definition) is 0. The third kappa shape index (κ3) is 3.67. The van der Waals surface area contributed by atoms with E-state index in [1.165, 1.54) is 5.56 Å². The maximum Gasteiger partial charge on any atom is 0.191 e. The fourth-order valence-corrected chi connectivity index (χ4v) is 4.19. The first-order chi connectivity index (χ1) is 13.2. The van der Waals surface area contributed by atoms with Gasteiger partial charge in [-0.3, -0.25) is 0 Å². The van der Waals surface area contributed by atoms with E-state index in [-0.39, 0.29) is 6.10 Å². The van der Waals surface area contributed by atoms with Crippen LogP contribution >= 0.6 is 11.8 Å². The second-order valence-electron chi connectivity index (χ2n) is 6.65. The van der Waals surface area contributed by atoms with E-state index in [2.05, 4.69) is 29.3 Å². The Morgan fingerprint density at radius 1 is 1.22 bits per heavy atom. The maximum absolute atomic E-state index is 5.92. The van der Waals surface area contributed by atoms with Crippen molar-refractivity contribution >= 4 is 11.8 Å². The van der Waals surface area contributed by atoms with Gasteiger partial charge in [-0.05, 0) is 26.0 Å². The number of fused-ring (bicyclic) bond motifs is 1. The Labute approximate surface area is 163 Å². The molecule has 1 aliphatic rings. The Kier molecular flexibility index (Phi) is 5.07.